The molecule has 4 aromatic rings. The molecule has 1 aromatic heterocycles. The van der Waals surface area contributed by atoms with Gasteiger partial charge in [0.1, 0.15) is 17.8 Å². The molecular formula is C25H17ClF3N3O3S. The van der Waals surface area contributed by atoms with Crippen molar-refractivity contribution in [2.45, 2.75) is 23.9 Å². The molecule has 0 N–H and O–H groups in total. The van der Waals surface area contributed by atoms with Crippen molar-refractivity contribution in [2.24, 2.45) is 0 Å². The summed E-state index contributed by atoms with van der Waals surface area (Å²) in [4.78, 5) is 8.05. The van der Waals surface area contributed by atoms with Gasteiger partial charge in [-0.2, -0.15) is 18.4 Å². The van der Waals surface area contributed by atoms with E-state index in [1.54, 1.807) is 12.1 Å². The number of nitriles is 1. The Morgan fingerprint density at radius 3 is 2.50 bits per heavy atom. The standard InChI is InChI=1S/C25H17ClF3N3O3S/c26-22-10-9-17(35-16-5-3-6-18(13-16)36(33,34)12-2-1-11-30)14-20(22)23-19-7-4-8-21(25(27,28)29)24(19)32-15-31-23/h3-10,13-15H,1-2,12H2. The van der Waals surface area contributed by atoms with E-state index in [0.29, 0.717) is 5.56 Å². The highest BCUT2D eigenvalue weighted by Gasteiger charge is 2.33. The number of sulfone groups is 1. The second-order valence-electron chi connectivity index (χ2n) is 7.72. The number of alkyl halides is 3. The van der Waals surface area contributed by atoms with Crippen molar-refractivity contribution in [1.82, 2.24) is 9.97 Å². The topological polar surface area (TPSA) is 92.9 Å². The van der Waals surface area contributed by atoms with Gasteiger partial charge in [0.25, 0.3) is 0 Å². The average Bonchev–Trinajstić information content (AvgIpc) is 2.84. The quantitative estimate of drug-likeness (QED) is 0.242. The minimum atomic E-state index is -4.60. The lowest BCUT2D eigenvalue weighted by Gasteiger charge is -2.13. The minimum absolute atomic E-state index is 0.0496. The number of aromatic nitrogens is 2. The Balaban J connectivity index is 1.70. The molecule has 0 saturated heterocycles. The van der Waals surface area contributed by atoms with Crippen LogP contribution in [0.1, 0.15) is 18.4 Å². The molecule has 36 heavy (non-hydrogen) atoms. The zero-order chi connectivity index (χ0) is 25.9. The summed E-state index contributed by atoms with van der Waals surface area (Å²) in [5.41, 5.74) is -0.636. The highest BCUT2D eigenvalue weighted by Crippen LogP contribution is 2.39. The van der Waals surface area contributed by atoms with E-state index in [1.807, 2.05) is 6.07 Å². The molecule has 0 aliphatic heterocycles. The van der Waals surface area contributed by atoms with E-state index >= 15 is 0 Å². The monoisotopic (exact) mass is 531 g/mol. The second-order valence-corrected chi connectivity index (χ2v) is 10.2. The van der Waals surface area contributed by atoms with Gasteiger partial charge in [0, 0.05) is 17.4 Å². The number of halogens is 4. The molecule has 0 spiro atoms. The number of hydrogen-bond acceptors (Lipinski definition) is 6. The Morgan fingerprint density at radius 2 is 1.75 bits per heavy atom. The van der Waals surface area contributed by atoms with E-state index in [1.165, 1.54) is 42.5 Å². The van der Waals surface area contributed by atoms with Crippen molar-refractivity contribution < 1.29 is 26.3 Å². The lowest BCUT2D eigenvalue weighted by Crippen LogP contribution is -2.07. The first-order chi connectivity index (χ1) is 17.1. The van der Waals surface area contributed by atoms with Gasteiger partial charge < -0.3 is 4.74 Å². The molecule has 0 bridgehead atoms. The third-order valence-corrected chi connectivity index (χ3v) is 7.39. The number of ether oxygens (including phenoxy) is 1. The van der Waals surface area contributed by atoms with Crippen LogP contribution in [-0.2, 0) is 16.0 Å². The summed E-state index contributed by atoms with van der Waals surface area (Å²) in [7, 11) is -3.61. The van der Waals surface area contributed by atoms with Crippen LogP contribution in [0.3, 0.4) is 0 Å². The molecule has 4 rings (SSSR count). The maximum Gasteiger partial charge on any atom is 0.418 e. The minimum Gasteiger partial charge on any atom is -0.457 e. The first kappa shape index (κ1) is 25.4. The van der Waals surface area contributed by atoms with E-state index in [2.05, 4.69) is 9.97 Å². The van der Waals surface area contributed by atoms with Gasteiger partial charge >= 0.3 is 6.18 Å². The fourth-order valence-corrected chi connectivity index (χ4v) is 5.16. The Bertz CT molecular complexity index is 1590. The van der Waals surface area contributed by atoms with E-state index in [0.717, 1.165) is 12.4 Å². The van der Waals surface area contributed by atoms with Crippen LogP contribution >= 0.6 is 11.6 Å². The van der Waals surface area contributed by atoms with Gasteiger partial charge in [0.2, 0.25) is 0 Å². The van der Waals surface area contributed by atoms with Crippen LogP contribution in [-0.4, -0.2) is 24.1 Å². The van der Waals surface area contributed by atoms with Crippen molar-refractivity contribution in [1.29, 1.82) is 5.26 Å². The summed E-state index contributed by atoms with van der Waals surface area (Å²) >= 11 is 6.37. The largest absolute Gasteiger partial charge is 0.457 e. The van der Waals surface area contributed by atoms with Crippen LogP contribution in [0.25, 0.3) is 22.2 Å². The first-order valence-electron chi connectivity index (χ1n) is 10.6. The van der Waals surface area contributed by atoms with E-state index in [9.17, 15) is 21.6 Å². The molecule has 11 heteroatoms. The van der Waals surface area contributed by atoms with Crippen molar-refractivity contribution >= 4 is 32.3 Å². The molecular weight excluding hydrogens is 515 g/mol. The van der Waals surface area contributed by atoms with Gasteiger partial charge in [0.05, 0.1) is 38.5 Å². The van der Waals surface area contributed by atoms with Gasteiger partial charge in [-0.05, 0) is 48.9 Å². The van der Waals surface area contributed by atoms with Crippen molar-refractivity contribution in [2.75, 3.05) is 5.75 Å². The Morgan fingerprint density at radius 1 is 1.00 bits per heavy atom. The smallest absolute Gasteiger partial charge is 0.418 e. The molecule has 0 saturated carbocycles. The number of fused-ring (bicyclic) bond motifs is 1. The highest BCUT2D eigenvalue weighted by molar-refractivity contribution is 7.91. The predicted molar refractivity (Wildman–Crippen MR) is 128 cm³/mol. The first-order valence-corrected chi connectivity index (χ1v) is 12.6. The maximum absolute atomic E-state index is 13.5. The molecule has 0 unspecified atom stereocenters. The summed E-state index contributed by atoms with van der Waals surface area (Å²) in [6.45, 7) is 0. The number of benzene rings is 3. The summed E-state index contributed by atoms with van der Waals surface area (Å²) in [6.07, 6.45) is -3.21. The molecule has 0 amide bonds. The van der Waals surface area contributed by atoms with Crippen molar-refractivity contribution in [3.63, 3.8) is 0 Å². The van der Waals surface area contributed by atoms with E-state index in [4.69, 9.17) is 21.6 Å². The molecule has 184 valence electrons. The van der Waals surface area contributed by atoms with E-state index < -0.39 is 21.6 Å². The lowest BCUT2D eigenvalue weighted by atomic mass is 10.0. The fraction of sp³-hybridized carbons (Fsp3) is 0.160. The van der Waals surface area contributed by atoms with Crippen LogP contribution in [0.5, 0.6) is 11.5 Å². The van der Waals surface area contributed by atoms with E-state index in [-0.39, 0.29) is 56.6 Å². The number of para-hydroxylation sites is 1. The van der Waals surface area contributed by atoms with Crippen LogP contribution in [0.15, 0.2) is 71.9 Å². The molecule has 0 fully saturated rings. The van der Waals surface area contributed by atoms with Gasteiger partial charge in [-0.15, -0.1) is 0 Å². The summed E-state index contributed by atoms with van der Waals surface area (Å²) in [6, 6.07) is 16.1. The summed E-state index contributed by atoms with van der Waals surface area (Å²) in [5, 5.41) is 9.04. The SMILES string of the molecule is N#CCCCS(=O)(=O)c1cccc(Oc2ccc(Cl)c(-c3ncnc4c(C(F)(F)F)cccc34)c2)c1. The zero-order valence-corrected chi connectivity index (χ0v) is 20.0. The number of nitrogens with zero attached hydrogens (tertiary/aromatic N) is 3. The summed E-state index contributed by atoms with van der Waals surface area (Å²) in [5.74, 6) is 0.333. The normalized spacial score (nSPS) is 11.9. The predicted octanol–water partition coefficient (Wildman–Crippen LogP) is 6.84. The second kappa shape index (κ2) is 10.1. The number of hydrogen-bond donors (Lipinski definition) is 0. The number of rotatable bonds is 7. The Kier molecular flexibility index (Phi) is 7.15. The maximum atomic E-state index is 13.5. The van der Waals surface area contributed by atoms with Gasteiger partial charge in [0.15, 0.2) is 9.84 Å². The number of unbranched alkanes of at least 4 members (excludes halogenated alkanes) is 1. The van der Waals surface area contributed by atoms with Gasteiger partial charge in [-0.1, -0.05) is 29.8 Å². The van der Waals surface area contributed by atoms with Gasteiger partial charge in [-0.25, -0.2) is 18.4 Å². The van der Waals surface area contributed by atoms with Crippen LogP contribution < -0.4 is 4.74 Å². The summed E-state index contributed by atoms with van der Waals surface area (Å²) < 4.78 is 71.4. The van der Waals surface area contributed by atoms with Crippen molar-refractivity contribution in [3.05, 3.63) is 77.6 Å². The highest BCUT2D eigenvalue weighted by atomic mass is 35.5. The van der Waals surface area contributed by atoms with Crippen LogP contribution in [0.2, 0.25) is 5.02 Å². The average molecular weight is 532 g/mol. The lowest BCUT2D eigenvalue weighted by molar-refractivity contribution is -0.136. The fourth-order valence-electron chi connectivity index (χ4n) is 3.61. The van der Waals surface area contributed by atoms with Crippen LogP contribution in [0.4, 0.5) is 13.2 Å². The molecule has 0 aliphatic carbocycles. The molecule has 0 aliphatic rings. The van der Waals surface area contributed by atoms with Crippen LogP contribution in [0, 0.1) is 11.3 Å². The Hall–Kier alpha value is -3.68. The third kappa shape index (κ3) is 5.42. The van der Waals surface area contributed by atoms with Gasteiger partial charge in [-0.3, -0.25) is 0 Å². The molecule has 0 radical (unpaired) electrons. The molecule has 6 nitrogen and oxygen atoms in total. The zero-order valence-electron chi connectivity index (χ0n) is 18.5. The Labute approximate surface area is 209 Å². The molecule has 3 aromatic carbocycles. The molecule has 1 heterocycles. The van der Waals surface area contributed by atoms with Crippen molar-refractivity contribution in [3.8, 4) is 28.8 Å². The molecule has 0 atom stereocenters. The third-order valence-electron chi connectivity index (χ3n) is 5.27.